The van der Waals surface area contributed by atoms with Crippen molar-refractivity contribution in [3.8, 4) is 0 Å². The Hall–Kier alpha value is -2.20. The highest BCUT2D eigenvalue weighted by molar-refractivity contribution is 6.64. The summed E-state index contributed by atoms with van der Waals surface area (Å²) >= 11 is 5.51. The van der Waals surface area contributed by atoms with Crippen molar-refractivity contribution in [1.29, 1.82) is 0 Å². The molecule has 1 amide bonds. The van der Waals surface area contributed by atoms with Crippen LogP contribution >= 0.6 is 11.6 Å². The Bertz CT molecular complexity index is 631. The maximum absolute atomic E-state index is 13.1. The molecule has 102 valence electrons. The van der Waals surface area contributed by atoms with Crippen molar-refractivity contribution in [3.63, 3.8) is 0 Å². The molecule has 1 atom stereocenters. The van der Waals surface area contributed by atoms with E-state index in [0.29, 0.717) is 5.56 Å². The molecule has 5 heteroatoms. The van der Waals surface area contributed by atoms with Gasteiger partial charge >= 0.3 is 0 Å². The first-order chi connectivity index (χ1) is 9.58. The van der Waals surface area contributed by atoms with E-state index < -0.39 is 23.0 Å². The molecular weight excluding hydrogens is 281 g/mol. The van der Waals surface area contributed by atoms with Gasteiger partial charge in [0.05, 0.1) is 0 Å². The molecule has 2 aromatic carbocycles. The van der Waals surface area contributed by atoms with Crippen LogP contribution in [0.15, 0.2) is 54.6 Å². The fourth-order valence-electron chi connectivity index (χ4n) is 1.76. The average Bonchev–Trinajstić information content (AvgIpc) is 2.45. The quantitative estimate of drug-likeness (QED) is 0.880. The van der Waals surface area contributed by atoms with Crippen molar-refractivity contribution in [2.24, 2.45) is 0 Å². The molecule has 0 bridgehead atoms. The number of hydrogen-bond donors (Lipinski definition) is 1. The van der Waals surface area contributed by atoms with Crippen LogP contribution in [0.4, 0.5) is 4.39 Å². The van der Waals surface area contributed by atoms with Crippen molar-refractivity contribution >= 4 is 22.8 Å². The van der Waals surface area contributed by atoms with E-state index in [4.69, 9.17) is 11.6 Å². The fourth-order valence-corrected chi connectivity index (χ4v) is 1.94. The summed E-state index contributed by atoms with van der Waals surface area (Å²) in [6, 6.07) is 12.8. The Balaban J connectivity index is 2.21. The Kier molecular flexibility index (Phi) is 4.48. The monoisotopic (exact) mass is 291 g/mol. The van der Waals surface area contributed by atoms with Gasteiger partial charge in [0, 0.05) is 5.56 Å². The number of rotatable bonds is 4. The van der Waals surface area contributed by atoms with Crippen LogP contribution in [0.2, 0.25) is 0 Å². The molecule has 0 fully saturated rings. The highest BCUT2D eigenvalue weighted by Crippen LogP contribution is 2.16. The van der Waals surface area contributed by atoms with Gasteiger partial charge in [0.25, 0.3) is 5.91 Å². The van der Waals surface area contributed by atoms with Crippen LogP contribution in [0.1, 0.15) is 22.0 Å². The van der Waals surface area contributed by atoms with Crippen molar-refractivity contribution in [3.05, 3.63) is 71.5 Å². The topological polar surface area (TPSA) is 46.2 Å². The summed E-state index contributed by atoms with van der Waals surface area (Å²) in [6.45, 7) is 0. The highest BCUT2D eigenvalue weighted by atomic mass is 35.5. The number of carbonyl (C=O) groups is 2. The highest BCUT2D eigenvalue weighted by Gasteiger charge is 2.21. The normalized spacial score (nSPS) is 11.7. The molecule has 0 heterocycles. The van der Waals surface area contributed by atoms with Crippen LogP contribution in [-0.2, 0) is 4.79 Å². The maximum Gasteiger partial charge on any atom is 0.252 e. The second-order valence-electron chi connectivity index (χ2n) is 4.13. The summed E-state index contributed by atoms with van der Waals surface area (Å²) in [5.74, 6) is -1.08. The molecule has 0 radical (unpaired) electrons. The Morgan fingerprint density at radius 3 is 2.35 bits per heavy atom. The van der Waals surface area contributed by atoms with Gasteiger partial charge in [-0.1, -0.05) is 36.4 Å². The number of hydrogen-bond acceptors (Lipinski definition) is 2. The third-order valence-corrected chi connectivity index (χ3v) is 2.94. The Morgan fingerprint density at radius 2 is 1.75 bits per heavy atom. The summed E-state index contributed by atoms with van der Waals surface area (Å²) in [7, 11) is 0. The minimum absolute atomic E-state index is 0.129. The zero-order valence-corrected chi connectivity index (χ0v) is 11.1. The largest absolute Gasteiger partial charge is 0.337 e. The molecule has 0 aromatic heterocycles. The van der Waals surface area contributed by atoms with E-state index in [2.05, 4.69) is 5.32 Å². The van der Waals surface area contributed by atoms with Gasteiger partial charge in [0.1, 0.15) is 11.9 Å². The zero-order valence-electron chi connectivity index (χ0n) is 10.3. The van der Waals surface area contributed by atoms with Gasteiger partial charge in [-0.25, -0.2) is 4.39 Å². The molecule has 20 heavy (non-hydrogen) atoms. The lowest BCUT2D eigenvalue weighted by atomic mass is 10.1. The van der Waals surface area contributed by atoms with E-state index in [0.717, 1.165) is 6.07 Å². The molecule has 0 spiro atoms. The predicted octanol–water partition coefficient (Wildman–Crippen LogP) is 3.06. The molecule has 0 aliphatic rings. The van der Waals surface area contributed by atoms with Crippen molar-refractivity contribution < 1.29 is 14.0 Å². The average molecular weight is 292 g/mol. The molecule has 0 aliphatic heterocycles. The number of halogens is 2. The fraction of sp³-hybridized carbons (Fsp3) is 0.0667. The molecule has 1 N–H and O–H groups in total. The van der Waals surface area contributed by atoms with Crippen LogP contribution in [0.25, 0.3) is 0 Å². The van der Waals surface area contributed by atoms with Gasteiger partial charge in [0.2, 0.25) is 5.24 Å². The Labute approximate surface area is 120 Å². The summed E-state index contributed by atoms with van der Waals surface area (Å²) in [4.78, 5) is 23.5. The van der Waals surface area contributed by atoms with Gasteiger partial charge in [-0.05, 0) is 35.4 Å². The molecule has 2 aromatic rings. The SMILES string of the molecule is O=C(NC(C(=O)Cl)c1ccccc1)c1cccc(F)c1. The predicted molar refractivity (Wildman–Crippen MR) is 73.9 cm³/mol. The van der Waals surface area contributed by atoms with Gasteiger partial charge in [0.15, 0.2) is 0 Å². The van der Waals surface area contributed by atoms with Gasteiger partial charge in [-0.3, -0.25) is 9.59 Å². The van der Waals surface area contributed by atoms with E-state index >= 15 is 0 Å². The number of benzene rings is 2. The van der Waals surface area contributed by atoms with Crippen LogP contribution in [0.5, 0.6) is 0 Å². The zero-order chi connectivity index (χ0) is 14.5. The Morgan fingerprint density at radius 1 is 1.05 bits per heavy atom. The van der Waals surface area contributed by atoms with Crippen LogP contribution in [0.3, 0.4) is 0 Å². The van der Waals surface area contributed by atoms with Crippen LogP contribution in [-0.4, -0.2) is 11.1 Å². The van der Waals surface area contributed by atoms with Crippen molar-refractivity contribution in [2.45, 2.75) is 6.04 Å². The number of carbonyl (C=O) groups excluding carboxylic acids is 2. The third-order valence-electron chi connectivity index (χ3n) is 2.72. The van der Waals surface area contributed by atoms with E-state index in [1.807, 2.05) is 0 Å². The van der Waals surface area contributed by atoms with E-state index in [9.17, 15) is 14.0 Å². The summed E-state index contributed by atoms with van der Waals surface area (Å²) < 4.78 is 13.1. The minimum atomic E-state index is -0.964. The lowest BCUT2D eigenvalue weighted by molar-refractivity contribution is -0.113. The second-order valence-corrected chi connectivity index (χ2v) is 4.50. The molecule has 1 unspecified atom stereocenters. The molecule has 3 nitrogen and oxygen atoms in total. The van der Waals surface area contributed by atoms with Gasteiger partial charge in [-0.2, -0.15) is 0 Å². The first-order valence-electron chi connectivity index (χ1n) is 5.88. The van der Waals surface area contributed by atoms with Crippen LogP contribution < -0.4 is 5.32 Å². The van der Waals surface area contributed by atoms with Crippen molar-refractivity contribution in [2.75, 3.05) is 0 Å². The molecule has 2 rings (SSSR count). The minimum Gasteiger partial charge on any atom is -0.337 e. The number of nitrogens with one attached hydrogen (secondary N) is 1. The van der Waals surface area contributed by atoms with E-state index in [1.165, 1.54) is 18.2 Å². The molecule has 0 saturated carbocycles. The number of amides is 1. The van der Waals surface area contributed by atoms with Crippen molar-refractivity contribution in [1.82, 2.24) is 5.32 Å². The third kappa shape index (κ3) is 3.42. The lowest BCUT2D eigenvalue weighted by Crippen LogP contribution is -2.32. The standard InChI is InChI=1S/C15H11ClFNO2/c16-14(19)13(10-5-2-1-3-6-10)18-15(20)11-7-4-8-12(17)9-11/h1-9,13H,(H,18,20). The van der Waals surface area contributed by atoms with E-state index in [-0.39, 0.29) is 5.56 Å². The second kappa shape index (κ2) is 6.30. The molecular formula is C15H11ClFNO2. The van der Waals surface area contributed by atoms with Gasteiger partial charge in [-0.15, -0.1) is 0 Å². The van der Waals surface area contributed by atoms with Gasteiger partial charge < -0.3 is 5.32 Å². The first-order valence-corrected chi connectivity index (χ1v) is 6.26. The van der Waals surface area contributed by atoms with Crippen LogP contribution in [0, 0.1) is 5.82 Å². The lowest BCUT2D eigenvalue weighted by Gasteiger charge is -2.15. The molecule has 0 saturated heterocycles. The first kappa shape index (κ1) is 14.2. The molecule has 0 aliphatic carbocycles. The van der Waals surface area contributed by atoms with E-state index in [1.54, 1.807) is 30.3 Å². The maximum atomic E-state index is 13.1. The summed E-state index contributed by atoms with van der Waals surface area (Å²) in [6.07, 6.45) is 0. The smallest absolute Gasteiger partial charge is 0.252 e. The summed E-state index contributed by atoms with van der Waals surface area (Å²) in [5.41, 5.74) is 0.695. The summed E-state index contributed by atoms with van der Waals surface area (Å²) in [5, 5.41) is 1.78.